The Bertz CT molecular complexity index is 569. The van der Waals surface area contributed by atoms with E-state index in [1.807, 2.05) is 24.3 Å². The van der Waals surface area contributed by atoms with E-state index in [1.54, 1.807) is 0 Å². The van der Waals surface area contributed by atoms with Crippen LogP contribution in [0.3, 0.4) is 0 Å². The smallest absolute Gasteiger partial charge is 0.358 e. The second-order valence-corrected chi connectivity index (χ2v) is 4.03. The van der Waals surface area contributed by atoms with Crippen molar-refractivity contribution < 1.29 is 9.90 Å². The first-order valence-corrected chi connectivity index (χ1v) is 5.96. The topological polar surface area (TPSA) is 75.1 Å². The lowest BCUT2D eigenvalue weighted by atomic mass is 10.1. The van der Waals surface area contributed by atoms with E-state index in [-0.39, 0.29) is 5.69 Å². The van der Waals surface area contributed by atoms with Crippen molar-refractivity contribution in [3.8, 4) is 0 Å². The first-order chi connectivity index (χ1) is 8.74. The number of anilines is 1. The molecule has 0 saturated carbocycles. The number of hydrogen-bond acceptors (Lipinski definition) is 4. The highest BCUT2D eigenvalue weighted by molar-refractivity contribution is 6.02. The predicted octanol–water partition coefficient (Wildman–Crippen LogP) is 2.54. The van der Waals surface area contributed by atoms with Gasteiger partial charge in [0.05, 0.1) is 11.2 Å². The van der Waals surface area contributed by atoms with Crippen LogP contribution in [0.2, 0.25) is 0 Å². The molecule has 0 spiro atoms. The molecule has 0 amide bonds. The zero-order valence-electron chi connectivity index (χ0n) is 10.2. The SMILES string of the molecule is CCCCNc1c(C(=O)O)nnc2ccccc12. The number of nitrogens with zero attached hydrogens (tertiary/aromatic N) is 2. The number of benzene rings is 1. The molecule has 0 aliphatic carbocycles. The molecule has 0 bridgehead atoms. The number of carbonyl (C=O) groups is 1. The highest BCUT2D eigenvalue weighted by atomic mass is 16.4. The number of aromatic carboxylic acids is 1. The molecule has 2 rings (SSSR count). The highest BCUT2D eigenvalue weighted by Gasteiger charge is 2.15. The number of carboxylic acids is 1. The summed E-state index contributed by atoms with van der Waals surface area (Å²) in [5, 5.41) is 20.8. The molecule has 5 heteroatoms. The van der Waals surface area contributed by atoms with E-state index in [0.717, 1.165) is 24.8 Å². The molecule has 0 atom stereocenters. The van der Waals surface area contributed by atoms with Crippen LogP contribution in [0, 0.1) is 0 Å². The Morgan fingerprint density at radius 2 is 2.11 bits per heavy atom. The van der Waals surface area contributed by atoms with Crippen molar-refractivity contribution in [2.45, 2.75) is 19.8 Å². The van der Waals surface area contributed by atoms with Crippen molar-refractivity contribution in [1.29, 1.82) is 0 Å². The summed E-state index contributed by atoms with van der Waals surface area (Å²) in [7, 11) is 0. The van der Waals surface area contributed by atoms with Crippen LogP contribution in [0.5, 0.6) is 0 Å². The predicted molar refractivity (Wildman–Crippen MR) is 69.9 cm³/mol. The standard InChI is InChI=1S/C13H15N3O2/c1-2-3-8-14-11-9-6-4-5-7-10(9)15-16-12(11)13(17)18/h4-7H,2-3,8H2,1H3,(H,14,15)(H,17,18). The van der Waals surface area contributed by atoms with Crippen molar-refractivity contribution in [2.75, 3.05) is 11.9 Å². The molecule has 18 heavy (non-hydrogen) atoms. The van der Waals surface area contributed by atoms with E-state index in [4.69, 9.17) is 5.11 Å². The molecule has 1 aromatic heterocycles. The van der Waals surface area contributed by atoms with Gasteiger partial charge in [-0.05, 0) is 12.5 Å². The zero-order valence-corrected chi connectivity index (χ0v) is 10.2. The molecule has 0 aliphatic rings. The minimum atomic E-state index is -1.06. The van der Waals surface area contributed by atoms with E-state index in [9.17, 15) is 4.79 Å². The molecular weight excluding hydrogens is 230 g/mol. The van der Waals surface area contributed by atoms with Crippen LogP contribution in [0.4, 0.5) is 5.69 Å². The fraction of sp³-hybridized carbons (Fsp3) is 0.308. The molecule has 2 aromatic rings. The van der Waals surface area contributed by atoms with Gasteiger partial charge in [-0.2, -0.15) is 0 Å². The number of hydrogen-bond donors (Lipinski definition) is 2. The maximum Gasteiger partial charge on any atom is 0.358 e. The van der Waals surface area contributed by atoms with Gasteiger partial charge in [-0.3, -0.25) is 0 Å². The first-order valence-electron chi connectivity index (χ1n) is 5.96. The Kier molecular flexibility index (Phi) is 3.72. The molecule has 0 aliphatic heterocycles. The van der Waals surface area contributed by atoms with Gasteiger partial charge in [-0.25, -0.2) is 4.79 Å². The number of fused-ring (bicyclic) bond motifs is 1. The zero-order chi connectivity index (χ0) is 13.0. The van der Waals surface area contributed by atoms with Crippen LogP contribution in [-0.2, 0) is 0 Å². The Labute approximate surface area is 105 Å². The molecule has 5 nitrogen and oxygen atoms in total. The highest BCUT2D eigenvalue weighted by Crippen LogP contribution is 2.24. The van der Waals surface area contributed by atoms with Gasteiger partial charge in [0.15, 0.2) is 5.69 Å². The average Bonchev–Trinajstić information content (AvgIpc) is 2.38. The Balaban J connectivity index is 2.48. The molecule has 1 aromatic carbocycles. The van der Waals surface area contributed by atoms with Crippen LogP contribution in [0.15, 0.2) is 24.3 Å². The summed E-state index contributed by atoms with van der Waals surface area (Å²) < 4.78 is 0. The first kappa shape index (κ1) is 12.3. The van der Waals surface area contributed by atoms with Crippen LogP contribution in [-0.4, -0.2) is 27.8 Å². The molecule has 1 heterocycles. The summed E-state index contributed by atoms with van der Waals surface area (Å²) >= 11 is 0. The number of carboxylic acid groups (broad SMARTS) is 1. The Hall–Kier alpha value is -2.17. The molecular formula is C13H15N3O2. The van der Waals surface area contributed by atoms with E-state index in [2.05, 4.69) is 22.4 Å². The van der Waals surface area contributed by atoms with Crippen molar-refractivity contribution in [1.82, 2.24) is 10.2 Å². The van der Waals surface area contributed by atoms with Crippen LogP contribution in [0.25, 0.3) is 10.9 Å². The van der Waals surface area contributed by atoms with E-state index in [1.165, 1.54) is 0 Å². The van der Waals surface area contributed by atoms with Crippen molar-refractivity contribution in [3.05, 3.63) is 30.0 Å². The lowest BCUT2D eigenvalue weighted by Gasteiger charge is -2.10. The second kappa shape index (κ2) is 5.44. The Morgan fingerprint density at radius 3 is 2.83 bits per heavy atom. The third kappa shape index (κ3) is 2.40. The summed E-state index contributed by atoms with van der Waals surface area (Å²) in [6.45, 7) is 2.81. The van der Waals surface area contributed by atoms with Gasteiger partial charge in [0, 0.05) is 11.9 Å². The normalized spacial score (nSPS) is 10.5. The monoisotopic (exact) mass is 245 g/mol. The molecule has 2 N–H and O–H groups in total. The summed E-state index contributed by atoms with van der Waals surface area (Å²) in [4.78, 5) is 11.2. The minimum absolute atomic E-state index is 0.0233. The number of unbranched alkanes of at least 4 members (excludes halogenated alkanes) is 1. The fourth-order valence-electron chi connectivity index (χ4n) is 1.77. The van der Waals surface area contributed by atoms with E-state index in [0.29, 0.717) is 11.2 Å². The van der Waals surface area contributed by atoms with Gasteiger partial charge in [-0.1, -0.05) is 31.5 Å². The third-order valence-electron chi connectivity index (χ3n) is 2.70. The second-order valence-electron chi connectivity index (χ2n) is 4.03. The summed E-state index contributed by atoms with van der Waals surface area (Å²) in [5.41, 5.74) is 1.23. The average molecular weight is 245 g/mol. The quantitative estimate of drug-likeness (QED) is 0.792. The van der Waals surface area contributed by atoms with Gasteiger partial charge in [0.2, 0.25) is 0 Å². The lowest BCUT2D eigenvalue weighted by molar-refractivity contribution is 0.0690. The van der Waals surface area contributed by atoms with Gasteiger partial charge in [0.25, 0.3) is 0 Å². The molecule has 94 valence electrons. The summed E-state index contributed by atoms with van der Waals surface area (Å²) in [6.07, 6.45) is 2.03. The number of rotatable bonds is 5. The van der Waals surface area contributed by atoms with Crippen molar-refractivity contribution >= 4 is 22.6 Å². The van der Waals surface area contributed by atoms with Crippen molar-refractivity contribution in [2.24, 2.45) is 0 Å². The number of nitrogens with one attached hydrogen (secondary N) is 1. The largest absolute Gasteiger partial charge is 0.476 e. The molecule has 0 unspecified atom stereocenters. The lowest BCUT2D eigenvalue weighted by Crippen LogP contribution is -2.11. The van der Waals surface area contributed by atoms with Crippen molar-refractivity contribution in [3.63, 3.8) is 0 Å². The van der Waals surface area contributed by atoms with E-state index >= 15 is 0 Å². The Morgan fingerprint density at radius 1 is 1.33 bits per heavy atom. The third-order valence-corrected chi connectivity index (χ3v) is 2.70. The van der Waals surface area contributed by atoms with Gasteiger partial charge in [0.1, 0.15) is 0 Å². The van der Waals surface area contributed by atoms with E-state index < -0.39 is 5.97 Å². The minimum Gasteiger partial charge on any atom is -0.476 e. The fourth-order valence-corrected chi connectivity index (χ4v) is 1.77. The van der Waals surface area contributed by atoms with Gasteiger partial charge in [-0.15, -0.1) is 10.2 Å². The van der Waals surface area contributed by atoms with Crippen LogP contribution in [0.1, 0.15) is 30.3 Å². The summed E-state index contributed by atoms with van der Waals surface area (Å²) in [6, 6.07) is 7.39. The van der Waals surface area contributed by atoms with Gasteiger partial charge < -0.3 is 10.4 Å². The van der Waals surface area contributed by atoms with Gasteiger partial charge >= 0.3 is 5.97 Å². The summed E-state index contributed by atoms with van der Waals surface area (Å²) in [5.74, 6) is -1.06. The molecule has 0 saturated heterocycles. The van der Waals surface area contributed by atoms with Crippen LogP contribution >= 0.6 is 0 Å². The van der Waals surface area contributed by atoms with Crippen LogP contribution < -0.4 is 5.32 Å². The maximum absolute atomic E-state index is 11.2. The molecule has 0 radical (unpaired) electrons. The number of aromatic nitrogens is 2. The molecule has 0 fully saturated rings. The maximum atomic E-state index is 11.2.